The van der Waals surface area contributed by atoms with Crippen LogP contribution in [-0.2, 0) is 4.79 Å². The third-order valence-electron chi connectivity index (χ3n) is 1.19. The van der Waals surface area contributed by atoms with Gasteiger partial charge in [-0.1, -0.05) is 13.5 Å². The average Bonchev–Trinajstić information content (AvgIpc) is 1.87. The minimum Gasteiger partial charge on any atom is -0.350 e. The average molecular weight is 150 g/mol. The first kappa shape index (κ1) is 12.8. The summed E-state index contributed by atoms with van der Waals surface area (Å²) in [6.45, 7) is 7.32. The van der Waals surface area contributed by atoms with Gasteiger partial charge in [-0.25, -0.2) is 0 Å². The van der Waals surface area contributed by atoms with Crippen LogP contribution in [0, 0.1) is 0 Å². The summed E-state index contributed by atoms with van der Waals surface area (Å²) in [6, 6.07) is 0.260. The van der Waals surface area contributed by atoms with Crippen molar-refractivity contribution in [3.63, 3.8) is 0 Å². The first-order chi connectivity index (χ1) is 4.20. The Morgan fingerprint density at radius 3 is 2.60 bits per heavy atom. The molecule has 0 rings (SSSR count). The van der Waals surface area contributed by atoms with E-state index in [9.17, 15) is 4.79 Å². The van der Waals surface area contributed by atoms with Crippen LogP contribution in [0.15, 0.2) is 12.7 Å². The van der Waals surface area contributed by atoms with E-state index in [0.29, 0.717) is 0 Å². The van der Waals surface area contributed by atoms with E-state index in [1.54, 1.807) is 0 Å². The molecule has 0 bridgehead atoms. The SMILES string of the molecule is C=CC(=O)NC(C)CC.[Na+]. The van der Waals surface area contributed by atoms with E-state index in [1.165, 1.54) is 6.08 Å². The number of rotatable bonds is 3. The minimum atomic E-state index is -0.0932. The summed E-state index contributed by atoms with van der Waals surface area (Å²) in [5.74, 6) is -0.0932. The molecule has 1 N–H and O–H groups in total. The number of hydrogen-bond acceptors (Lipinski definition) is 1. The van der Waals surface area contributed by atoms with Gasteiger partial charge in [-0.3, -0.25) is 4.79 Å². The fourth-order valence-corrected chi connectivity index (χ4v) is 0.404. The summed E-state index contributed by atoms with van der Waals surface area (Å²) in [7, 11) is 0. The molecule has 0 radical (unpaired) electrons. The molecule has 0 saturated carbocycles. The smallest absolute Gasteiger partial charge is 0.350 e. The molecule has 1 atom stereocenters. The van der Waals surface area contributed by atoms with Crippen molar-refractivity contribution in [1.82, 2.24) is 5.32 Å². The van der Waals surface area contributed by atoms with E-state index >= 15 is 0 Å². The van der Waals surface area contributed by atoms with Crippen molar-refractivity contribution >= 4 is 5.91 Å². The molecule has 0 aliphatic rings. The second kappa shape index (κ2) is 7.32. The van der Waals surface area contributed by atoms with Crippen LogP contribution in [0.25, 0.3) is 0 Å². The van der Waals surface area contributed by atoms with E-state index in [-0.39, 0.29) is 41.5 Å². The molecule has 52 valence electrons. The number of nitrogens with one attached hydrogen (secondary N) is 1. The number of hydrogen-bond donors (Lipinski definition) is 1. The molecule has 0 saturated heterocycles. The maximum absolute atomic E-state index is 10.6. The molecule has 0 aliphatic carbocycles. The molecule has 0 aromatic heterocycles. The maximum Gasteiger partial charge on any atom is 1.00 e. The van der Waals surface area contributed by atoms with Crippen LogP contribution in [0.2, 0.25) is 0 Å². The molecular weight excluding hydrogens is 137 g/mol. The minimum absolute atomic E-state index is 0. The monoisotopic (exact) mass is 150 g/mol. The fourth-order valence-electron chi connectivity index (χ4n) is 0.404. The quantitative estimate of drug-likeness (QED) is 0.369. The summed E-state index contributed by atoms with van der Waals surface area (Å²) in [5, 5.41) is 2.72. The van der Waals surface area contributed by atoms with Crippen LogP contribution < -0.4 is 34.9 Å². The van der Waals surface area contributed by atoms with Crippen LogP contribution in [0.4, 0.5) is 0 Å². The predicted octanol–water partition coefficient (Wildman–Crippen LogP) is -1.91. The molecule has 0 fully saturated rings. The zero-order valence-corrected chi connectivity index (χ0v) is 8.98. The Kier molecular flexibility index (Phi) is 9.40. The first-order valence-corrected chi connectivity index (χ1v) is 3.13. The number of carbonyl (C=O) groups is 1. The van der Waals surface area contributed by atoms with Gasteiger partial charge in [0.1, 0.15) is 0 Å². The molecule has 0 aromatic carbocycles. The normalized spacial score (nSPS) is 11.0. The second-order valence-corrected chi connectivity index (χ2v) is 2.02. The predicted molar refractivity (Wildman–Crippen MR) is 38.1 cm³/mol. The van der Waals surface area contributed by atoms with E-state index in [1.807, 2.05) is 13.8 Å². The Morgan fingerprint density at radius 1 is 1.80 bits per heavy atom. The van der Waals surface area contributed by atoms with E-state index in [0.717, 1.165) is 6.42 Å². The van der Waals surface area contributed by atoms with Crippen molar-refractivity contribution < 1.29 is 34.4 Å². The molecule has 10 heavy (non-hydrogen) atoms. The molecule has 3 heteroatoms. The van der Waals surface area contributed by atoms with Gasteiger partial charge in [0.25, 0.3) is 0 Å². The zero-order chi connectivity index (χ0) is 7.28. The topological polar surface area (TPSA) is 29.1 Å². The molecular formula is C7H13NNaO+. The van der Waals surface area contributed by atoms with Crippen LogP contribution >= 0.6 is 0 Å². The van der Waals surface area contributed by atoms with E-state index in [2.05, 4.69) is 11.9 Å². The standard InChI is InChI=1S/C7H13NO.Na/c1-4-6(3)8-7(9)5-2;/h5-6H,2,4H2,1,3H3,(H,8,9);/q;+1. The van der Waals surface area contributed by atoms with E-state index in [4.69, 9.17) is 0 Å². The van der Waals surface area contributed by atoms with Crippen molar-refractivity contribution in [3.8, 4) is 0 Å². The molecule has 0 heterocycles. The van der Waals surface area contributed by atoms with Crippen molar-refractivity contribution in [2.45, 2.75) is 26.3 Å². The first-order valence-electron chi connectivity index (χ1n) is 3.13. The van der Waals surface area contributed by atoms with Crippen LogP contribution in [0.5, 0.6) is 0 Å². The molecule has 0 spiro atoms. The Hall–Kier alpha value is 0.210. The van der Waals surface area contributed by atoms with Crippen LogP contribution in [-0.4, -0.2) is 11.9 Å². The third-order valence-corrected chi connectivity index (χ3v) is 1.19. The second-order valence-electron chi connectivity index (χ2n) is 2.02. The number of amides is 1. The molecule has 0 aromatic rings. The molecule has 1 amide bonds. The van der Waals surface area contributed by atoms with Gasteiger partial charge in [0, 0.05) is 6.04 Å². The van der Waals surface area contributed by atoms with Gasteiger partial charge in [0.15, 0.2) is 0 Å². The van der Waals surface area contributed by atoms with Crippen molar-refractivity contribution in [1.29, 1.82) is 0 Å². The van der Waals surface area contributed by atoms with Crippen LogP contribution in [0.1, 0.15) is 20.3 Å². The van der Waals surface area contributed by atoms with Gasteiger partial charge in [-0.15, -0.1) is 0 Å². The number of carbonyl (C=O) groups excluding carboxylic acids is 1. The maximum atomic E-state index is 10.6. The van der Waals surface area contributed by atoms with Crippen LogP contribution in [0.3, 0.4) is 0 Å². The Labute approximate surface area is 84.4 Å². The van der Waals surface area contributed by atoms with Gasteiger partial charge in [-0.05, 0) is 19.4 Å². The fraction of sp³-hybridized carbons (Fsp3) is 0.571. The summed E-state index contributed by atoms with van der Waals surface area (Å²) >= 11 is 0. The van der Waals surface area contributed by atoms with Crippen molar-refractivity contribution in [3.05, 3.63) is 12.7 Å². The van der Waals surface area contributed by atoms with Gasteiger partial charge in [0.05, 0.1) is 0 Å². The summed E-state index contributed by atoms with van der Waals surface area (Å²) in [5.41, 5.74) is 0. The summed E-state index contributed by atoms with van der Waals surface area (Å²) in [6.07, 6.45) is 2.24. The van der Waals surface area contributed by atoms with Gasteiger partial charge < -0.3 is 5.32 Å². The van der Waals surface area contributed by atoms with Crippen molar-refractivity contribution in [2.75, 3.05) is 0 Å². The third kappa shape index (κ3) is 6.33. The Balaban J connectivity index is 0. The Bertz CT molecular complexity index is 114. The van der Waals surface area contributed by atoms with Gasteiger partial charge in [0.2, 0.25) is 5.91 Å². The zero-order valence-electron chi connectivity index (χ0n) is 6.98. The summed E-state index contributed by atoms with van der Waals surface area (Å²) in [4.78, 5) is 10.6. The molecule has 1 unspecified atom stereocenters. The largest absolute Gasteiger partial charge is 1.00 e. The van der Waals surface area contributed by atoms with Crippen molar-refractivity contribution in [2.24, 2.45) is 0 Å². The van der Waals surface area contributed by atoms with E-state index < -0.39 is 0 Å². The molecule has 0 aliphatic heterocycles. The molecule has 2 nitrogen and oxygen atoms in total. The van der Waals surface area contributed by atoms with Gasteiger partial charge >= 0.3 is 29.6 Å². The Morgan fingerprint density at radius 2 is 2.30 bits per heavy atom. The summed E-state index contributed by atoms with van der Waals surface area (Å²) < 4.78 is 0. The van der Waals surface area contributed by atoms with Gasteiger partial charge in [-0.2, -0.15) is 0 Å².